The van der Waals surface area contributed by atoms with Crippen LogP contribution in [0.4, 0.5) is 0 Å². The third-order valence-corrected chi connectivity index (χ3v) is 6.19. The van der Waals surface area contributed by atoms with E-state index in [0.29, 0.717) is 145 Å². The van der Waals surface area contributed by atoms with Crippen molar-refractivity contribution in [3.8, 4) is 0 Å². The van der Waals surface area contributed by atoms with Gasteiger partial charge < -0.3 is 61.9 Å². The second-order valence-electron chi connectivity index (χ2n) is 10.3. The summed E-state index contributed by atoms with van der Waals surface area (Å²) in [5, 5.41) is 8.49. The number of carboxylic acids is 1. The molecule has 0 saturated heterocycles. The summed E-state index contributed by atoms with van der Waals surface area (Å²) in [6.45, 7) is 14.3. The molecule has 0 unspecified atom stereocenters. The third-order valence-electron chi connectivity index (χ3n) is 6.19. The van der Waals surface area contributed by atoms with Crippen LogP contribution in [0.3, 0.4) is 0 Å². The van der Waals surface area contributed by atoms with E-state index in [9.17, 15) is 4.79 Å². The lowest BCUT2D eigenvalue weighted by molar-refractivity contribution is -0.138. The fourth-order valence-electron chi connectivity index (χ4n) is 3.67. The SMILES string of the molecule is CCCCCCCCOCCOCCOCCOCCOCCOCCOCCOCCOCCOCCOCCOCCC(=O)O. The summed E-state index contributed by atoms with van der Waals surface area (Å²) < 4.78 is 65.2. The standard InChI is InChI=1S/C33H66O14/c1-2-3-4-5-6-7-9-36-11-13-38-15-17-40-19-21-42-23-25-44-27-29-46-31-32-47-30-28-45-26-24-43-22-20-41-18-16-39-14-12-37-10-8-33(34)35/h2-32H2,1H3,(H,34,35). The maximum Gasteiger partial charge on any atom is 0.305 e. The van der Waals surface area contributed by atoms with Crippen LogP contribution in [0.15, 0.2) is 0 Å². The van der Waals surface area contributed by atoms with Gasteiger partial charge in [-0.2, -0.15) is 0 Å². The Labute approximate surface area is 283 Å². The summed E-state index contributed by atoms with van der Waals surface area (Å²) in [6.07, 6.45) is 7.66. The molecule has 0 heterocycles. The molecule has 0 aliphatic rings. The average molecular weight is 687 g/mol. The molecule has 0 saturated carbocycles. The lowest BCUT2D eigenvalue weighted by atomic mass is 10.1. The van der Waals surface area contributed by atoms with Crippen LogP contribution >= 0.6 is 0 Å². The fraction of sp³-hybridized carbons (Fsp3) is 0.970. The number of hydrogen-bond acceptors (Lipinski definition) is 13. The average Bonchev–Trinajstić information content (AvgIpc) is 3.07. The smallest absolute Gasteiger partial charge is 0.305 e. The molecule has 0 aliphatic heterocycles. The molecule has 14 nitrogen and oxygen atoms in total. The van der Waals surface area contributed by atoms with Crippen molar-refractivity contribution < 1.29 is 66.7 Å². The highest BCUT2D eigenvalue weighted by Gasteiger charge is 1.98. The van der Waals surface area contributed by atoms with Crippen molar-refractivity contribution in [2.24, 2.45) is 0 Å². The number of hydrogen-bond donors (Lipinski definition) is 1. The fourth-order valence-corrected chi connectivity index (χ4v) is 3.67. The zero-order valence-electron chi connectivity index (χ0n) is 29.2. The molecule has 0 aliphatic carbocycles. The molecule has 1 N–H and O–H groups in total. The Balaban J connectivity index is 3.04. The van der Waals surface area contributed by atoms with Gasteiger partial charge in [-0.05, 0) is 6.42 Å². The normalized spacial score (nSPS) is 11.5. The molecule has 47 heavy (non-hydrogen) atoms. The molecule has 0 radical (unpaired) electrons. The number of rotatable bonds is 43. The van der Waals surface area contributed by atoms with Gasteiger partial charge in [-0.15, -0.1) is 0 Å². The molecule has 0 amide bonds. The molecule has 0 rings (SSSR count). The molecule has 0 aromatic rings. The van der Waals surface area contributed by atoms with Crippen molar-refractivity contribution in [1.82, 2.24) is 0 Å². The molecule has 0 bridgehead atoms. The minimum Gasteiger partial charge on any atom is -0.481 e. The Kier molecular flexibility index (Phi) is 42.1. The van der Waals surface area contributed by atoms with Gasteiger partial charge in [0.25, 0.3) is 0 Å². The van der Waals surface area contributed by atoms with Gasteiger partial charge in [-0.25, -0.2) is 0 Å². The van der Waals surface area contributed by atoms with Gasteiger partial charge in [0.05, 0.1) is 158 Å². The Bertz CT molecular complexity index is 588. The van der Waals surface area contributed by atoms with E-state index >= 15 is 0 Å². The van der Waals surface area contributed by atoms with E-state index in [1.165, 1.54) is 32.1 Å². The zero-order valence-corrected chi connectivity index (χ0v) is 29.2. The topological polar surface area (TPSA) is 148 Å². The predicted octanol–water partition coefficient (Wildman–Crippen LogP) is 3.02. The van der Waals surface area contributed by atoms with Gasteiger partial charge in [0.1, 0.15) is 0 Å². The molecule has 0 atom stereocenters. The van der Waals surface area contributed by atoms with Gasteiger partial charge in [-0.1, -0.05) is 39.0 Å². The lowest BCUT2D eigenvalue weighted by Crippen LogP contribution is -2.15. The quantitative estimate of drug-likeness (QED) is 0.0937. The second kappa shape index (κ2) is 43.0. The van der Waals surface area contributed by atoms with E-state index in [1.54, 1.807) is 0 Å². The Morgan fingerprint density at radius 3 is 0.787 bits per heavy atom. The van der Waals surface area contributed by atoms with Gasteiger partial charge in [0, 0.05) is 6.61 Å². The minimum absolute atomic E-state index is 0.000809. The predicted molar refractivity (Wildman–Crippen MR) is 175 cm³/mol. The van der Waals surface area contributed by atoms with Crippen molar-refractivity contribution >= 4 is 5.97 Å². The largest absolute Gasteiger partial charge is 0.481 e. The van der Waals surface area contributed by atoms with Crippen LogP contribution < -0.4 is 0 Å². The number of ether oxygens (including phenoxy) is 12. The first-order valence-electron chi connectivity index (χ1n) is 17.4. The summed E-state index contributed by atoms with van der Waals surface area (Å²) in [7, 11) is 0. The Morgan fingerprint density at radius 2 is 0.532 bits per heavy atom. The van der Waals surface area contributed by atoms with Crippen LogP contribution in [0, 0.1) is 0 Å². The highest BCUT2D eigenvalue weighted by molar-refractivity contribution is 5.66. The van der Waals surface area contributed by atoms with Crippen molar-refractivity contribution in [2.75, 3.05) is 159 Å². The van der Waals surface area contributed by atoms with E-state index < -0.39 is 5.97 Å². The van der Waals surface area contributed by atoms with Crippen LogP contribution in [0.25, 0.3) is 0 Å². The molecular formula is C33H66O14. The second-order valence-corrected chi connectivity index (χ2v) is 10.3. The first-order valence-corrected chi connectivity index (χ1v) is 17.4. The van der Waals surface area contributed by atoms with Crippen LogP contribution in [-0.4, -0.2) is 170 Å². The summed E-state index contributed by atoms with van der Waals surface area (Å²) in [5.74, 6) is -0.873. The number of carboxylic acid groups (broad SMARTS) is 1. The van der Waals surface area contributed by atoms with Gasteiger partial charge in [0.2, 0.25) is 0 Å². The molecule has 0 spiro atoms. The van der Waals surface area contributed by atoms with Crippen LogP contribution in [0.2, 0.25) is 0 Å². The van der Waals surface area contributed by atoms with Gasteiger partial charge in [0.15, 0.2) is 0 Å². The maximum absolute atomic E-state index is 10.3. The first kappa shape index (κ1) is 46.0. The molecule has 0 aromatic heterocycles. The summed E-state index contributed by atoms with van der Waals surface area (Å²) in [6, 6.07) is 0. The Morgan fingerprint density at radius 1 is 0.319 bits per heavy atom. The van der Waals surface area contributed by atoms with Crippen molar-refractivity contribution in [3.63, 3.8) is 0 Å². The van der Waals surface area contributed by atoms with E-state index in [2.05, 4.69) is 6.92 Å². The monoisotopic (exact) mass is 686 g/mol. The third kappa shape index (κ3) is 45.0. The highest BCUT2D eigenvalue weighted by atomic mass is 16.6. The van der Waals surface area contributed by atoms with E-state index in [4.69, 9.17) is 61.9 Å². The van der Waals surface area contributed by atoms with Crippen molar-refractivity contribution in [3.05, 3.63) is 0 Å². The summed E-state index contributed by atoms with van der Waals surface area (Å²) >= 11 is 0. The molecule has 282 valence electrons. The van der Waals surface area contributed by atoms with Gasteiger partial charge in [-0.3, -0.25) is 4.79 Å². The molecule has 0 fully saturated rings. The number of carbonyl (C=O) groups is 1. The molecule has 14 heteroatoms. The maximum atomic E-state index is 10.3. The van der Waals surface area contributed by atoms with Crippen molar-refractivity contribution in [1.29, 1.82) is 0 Å². The summed E-state index contributed by atoms with van der Waals surface area (Å²) in [4.78, 5) is 10.3. The molecular weight excluding hydrogens is 620 g/mol. The number of unbranched alkanes of at least 4 members (excludes halogenated alkanes) is 5. The molecule has 0 aromatic carbocycles. The van der Waals surface area contributed by atoms with E-state index in [0.717, 1.165) is 13.0 Å². The first-order chi connectivity index (χ1) is 23.3. The Hall–Kier alpha value is -1.01. The van der Waals surface area contributed by atoms with E-state index in [-0.39, 0.29) is 13.0 Å². The zero-order chi connectivity index (χ0) is 34.0. The van der Waals surface area contributed by atoms with Crippen LogP contribution in [0.5, 0.6) is 0 Å². The number of aliphatic carboxylic acids is 1. The highest BCUT2D eigenvalue weighted by Crippen LogP contribution is 2.04. The lowest BCUT2D eigenvalue weighted by Gasteiger charge is -2.09. The van der Waals surface area contributed by atoms with Crippen LogP contribution in [-0.2, 0) is 61.6 Å². The minimum atomic E-state index is -0.873. The van der Waals surface area contributed by atoms with Crippen LogP contribution in [0.1, 0.15) is 51.9 Å². The summed E-state index contributed by atoms with van der Waals surface area (Å²) in [5.41, 5.74) is 0. The van der Waals surface area contributed by atoms with Crippen molar-refractivity contribution in [2.45, 2.75) is 51.9 Å². The van der Waals surface area contributed by atoms with Gasteiger partial charge >= 0.3 is 5.97 Å². The van der Waals surface area contributed by atoms with E-state index in [1.807, 2.05) is 0 Å².